The molecule has 0 radical (unpaired) electrons. The monoisotopic (exact) mass is 467 g/mol. The van der Waals surface area contributed by atoms with Crippen LogP contribution in [-0.2, 0) is 19.6 Å². The molecule has 1 amide bonds. The first kappa shape index (κ1) is 24.5. The minimum atomic E-state index is -4.18. The van der Waals surface area contributed by atoms with Gasteiger partial charge in [-0.05, 0) is 50.5 Å². The molecule has 0 saturated heterocycles. The summed E-state index contributed by atoms with van der Waals surface area (Å²) in [6.07, 6.45) is 1.51. The van der Waals surface area contributed by atoms with E-state index in [1.54, 1.807) is 49.4 Å². The van der Waals surface area contributed by atoms with Gasteiger partial charge in [0, 0.05) is 23.6 Å². The van der Waals surface area contributed by atoms with Gasteiger partial charge in [0.2, 0.25) is 5.91 Å². The van der Waals surface area contributed by atoms with Crippen molar-refractivity contribution >= 4 is 38.4 Å². The van der Waals surface area contributed by atoms with Gasteiger partial charge in [-0.25, -0.2) is 12.7 Å². The van der Waals surface area contributed by atoms with Gasteiger partial charge in [-0.1, -0.05) is 55.8 Å². The number of benzene rings is 3. The maximum absolute atomic E-state index is 13.8. The first-order valence-electron chi connectivity index (χ1n) is 11.1. The van der Waals surface area contributed by atoms with Crippen LogP contribution in [0.2, 0.25) is 0 Å². The molecule has 0 aliphatic carbocycles. The molecule has 0 heterocycles. The normalized spacial score (nSPS) is 11.4. The molecule has 0 unspecified atom stereocenters. The maximum atomic E-state index is 13.8. The van der Waals surface area contributed by atoms with Crippen LogP contribution in [0.25, 0.3) is 10.8 Å². The number of carbonyl (C=O) groups excluding carboxylic acids is 2. The highest BCUT2D eigenvalue weighted by Gasteiger charge is 2.33. The first-order chi connectivity index (χ1) is 15.7. The topological polar surface area (TPSA) is 80.8 Å². The Morgan fingerprint density at radius 2 is 1.55 bits per heavy atom. The van der Waals surface area contributed by atoms with E-state index < -0.39 is 15.9 Å². The van der Waals surface area contributed by atoms with E-state index in [1.807, 2.05) is 20.8 Å². The lowest BCUT2D eigenvalue weighted by molar-refractivity contribution is -0.134. The molecule has 0 spiro atoms. The number of hydrogen-bond donors (Lipinski definition) is 0. The number of nitrogens with zero attached hydrogens (tertiary/aromatic N) is 1. The molecule has 0 fully saturated rings. The summed E-state index contributed by atoms with van der Waals surface area (Å²) in [4.78, 5) is 25.4. The Morgan fingerprint density at radius 1 is 0.879 bits per heavy atom. The van der Waals surface area contributed by atoms with Crippen molar-refractivity contribution in [2.45, 2.75) is 58.3 Å². The van der Waals surface area contributed by atoms with E-state index in [1.165, 1.54) is 12.1 Å². The Labute approximate surface area is 195 Å². The van der Waals surface area contributed by atoms with Gasteiger partial charge in [0.05, 0.1) is 10.6 Å². The number of hydrogen-bond acceptors (Lipinski definition) is 5. The fourth-order valence-corrected chi connectivity index (χ4v) is 5.48. The van der Waals surface area contributed by atoms with Gasteiger partial charge in [-0.15, -0.1) is 0 Å². The molecule has 3 aromatic rings. The number of sulfonamides is 1. The van der Waals surface area contributed by atoms with Crippen LogP contribution in [0.4, 0.5) is 5.69 Å². The number of aryl methyl sites for hydroxylation is 2. The van der Waals surface area contributed by atoms with Crippen molar-refractivity contribution in [3.05, 3.63) is 65.7 Å². The van der Waals surface area contributed by atoms with Crippen LogP contribution >= 0.6 is 0 Å². The number of fused-ring (bicyclic) bond motifs is 1. The lowest BCUT2D eigenvalue weighted by atomic mass is 10.1. The van der Waals surface area contributed by atoms with E-state index in [0.717, 1.165) is 9.87 Å². The number of ether oxygens (including phenoxy) is 1. The molecule has 3 aromatic carbocycles. The molecule has 0 saturated carbocycles. The predicted molar refractivity (Wildman–Crippen MR) is 130 cm³/mol. The van der Waals surface area contributed by atoms with Crippen molar-refractivity contribution in [3.63, 3.8) is 0 Å². The van der Waals surface area contributed by atoms with Gasteiger partial charge in [-0.3, -0.25) is 9.59 Å². The van der Waals surface area contributed by atoms with Gasteiger partial charge >= 0.3 is 5.97 Å². The molecule has 3 rings (SSSR count). The van der Waals surface area contributed by atoms with E-state index in [-0.39, 0.29) is 29.4 Å². The van der Waals surface area contributed by atoms with Crippen molar-refractivity contribution in [2.75, 3.05) is 4.31 Å². The number of rotatable bonds is 8. The first-order valence-corrected chi connectivity index (χ1v) is 12.5. The maximum Gasteiger partial charge on any atom is 0.311 e. The Kier molecular flexibility index (Phi) is 7.53. The van der Waals surface area contributed by atoms with E-state index in [9.17, 15) is 18.0 Å². The minimum absolute atomic E-state index is 0.0751. The average molecular weight is 468 g/mol. The molecule has 0 aliphatic rings. The Hall–Kier alpha value is -3.19. The van der Waals surface area contributed by atoms with Gasteiger partial charge < -0.3 is 4.74 Å². The summed E-state index contributed by atoms with van der Waals surface area (Å²) in [5, 5.41) is 1.07. The zero-order valence-electron chi connectivity index (χ0n) is 19.4. The predicted octanol–water partition coefficient (Wildman–Crippen LogP) is 5.68. The highest BCUT2D eigenvalue weighted by Crippen LogP contribution is 2.37. The summed E-state index contributed by atoms with van der Waals surface area (Å²) in [7, 11) is -4.18. The summed E-state index contributed by atoms with van der Waals surface area (Å²) in [6, 6.07) is 15.1. The van der Waals surface area contributed by atoms with Gasteiger partial charge in [0.25, 0.3) is 10.0 Å². The number of esters is 1. The largest absolute Gasteiger partial charge is 0.426 e. The Bertz CT molecular complexity index is 1300. The Morgan fingerprint density at radius 3 is 2.18 bits per heavy atom. The fourth-order valence-electron chi connectivity index (χ4n) is 3.80. The van der Waals surface area contributed by atoms with Gasteiger partial charge in [0.1, 0.15) is 5.75 Å². The standard InChI is InChI=1S/C26H29NO5S/c1-5-9-25(28)27(33(30,31)24-16-13-18(3)17-19(24)4)22-14-15-23(32-26(29)10-6-2)21-12-8-7-11-20(21)22/h7-8,11-17H,5-6,9-10H2,1-4H3. The average Bonchev–Trinajstić information content (AvgIpc) is 2.75. The van der Waals surface area contributed by atoms with Crippen LogP contribution in [0, 0.1) is 13.8 Å². The molecule has 0 bridgehead atoms. The van der Waals surface area contributed by atoms with Crippen molar-refractivity contribution in [1.29, 1.82) is 0 Å². The van der Waals surface area contributed by atoms with Crippen LogP contribution < -0.4 is 9.04 Å². The van der Waals surface area contributed by atoms with Crippen LogP contribution in [0.15, 0.2) is 59.5 Å². The highest BCUT2D eigenvalue weighted by atomic mass is 32.2. The summed E-state index contributed by atoms with van der Waals surface area (Å²) < 4.78 is 34.0. The van der Waals surface area contributed by atoms with Crippen molar-refractivity contribution < 1.29 is 22.7 Å². The lowest BCUT2D eigenvalue weighted by Crippen LogP contribution is -2.37. The van der Waals surface area contributed by atoms with E-state index in [2.05, 4.69) is 0 Å². The summed E-state index contributed by atoms with van der Waals surface area (Å²) in [5.74, 6) is -0.546. The lowest BCUT2D eigenvalue weighted by Gasteiger charge is -2.25. The van der Waals surface area contributed by atoms with Crippen LogP contribution in [0.3, 0.4) is 0 Å². The molecule has 6 nitrogen and oxygen atoms in total. The fraction of sp³-hybridized carbons (Fsp3) is 0.308. The molecule has 174 valence electrons. The van der Waals surface area contributed by atoms with E-state index in [0.29, 0.717) is 34.9 Å². The zero-order chi connectivity index (χ0) is 24.2. The van der Waals surface area contributed by atoms with Crippen molar-refractivity contribution in [3.8, 4) is 5.75 Å². The van der Waals surface area contributed by atoms with E-state index in [4.69, 9.17) is 4.74 Å². The second-order valence-electron chi connectivity index (χ2n) is 8.03. The second-order valence-corrected chi connectivity index (χ2v) is 9.79. The highest BCUT2D eigenvalue weighted by molar-refractivity contribution is 7.93. The number of amides is 1. The van der Waals surface area contributed by atoms with Crippen molar-refractivity contribution in [1.82, 2.24) is 0 Å². The Balaban J connectivity index is 2.23. The SMILES string of the molecule is CCCC(=O)Oc1ccc(N(C(=O)CCC)S(=O)(=O)c2ccc(C)cc2C)c2ccccc12. The molecular weight excluding hydrogens is 438 g/mol. The summed E-state index contributed by atoms with van der Waals surface area (Å²) in [6.45, 7) is 7.32. The van der Waals surface area contributed by atoms with Crippen LogP contribution in [0.5, 0.6) is 5.75 Å². The third kappa shape index (κ3) is 5.09. The number of anilines is 1. The molecule has 0 N–H and O–H groups in total. The molecule has 33 heavy (non-hydrogen) atoms. The quantitative estimate of drug-likeness (QED) is 0.314. The van der Waals surface area contributed by atoms with E-state index >= 15 is 0 Å². The third-order valence-electron chi connectivity index (χ3n) is 5.30. The van der Waals surface area contributed by atoms with Crippen LogP contribution in [0.1, 0.15) is 50.7 Å². The third-order valence-corrected chi connectivity index (χ3v) is 7.19. The molecule has 0 aromatic heterocycles. The molecule has 0 atom stereocenters. The van der Waals surface area contributed by atoms with Gasteiger partial charge in [0.15, 0.2) is 0 Å². The van der Waals surface area contributed by atoms with Crippen LogP contribution in [-0.4, -0.2) is 20.3 Å². The summed E-state index contributed by atoms with van der Waals surface area (Å²) in [5.41, 5.74) is 1.74. The molecule has 7 heteroatoms. The smallest absolute Gasteiger partial charge is 0.311 e. The second kappa shape index (κ2) is 10.2. The minimum Gasteiger partial charge on any atom is -0.426 e. The van der Waals surface area contributed by atoms with Gasteiger partial charge in [-0.2, -0.15) is 0 Å². The molecular formula is C26H29NO5S. The molecule has 0 aliphatic heterocycles. The summed E-state index contributed by atoms with van der Waals surface area (Å²) >= 11 is 0. The zero-order valence-corrected chi connectivity index (χ0v) is 20.2. The number of carbonyl (C=O) groups is 2. The van der Waals surface area contributed by atoms with Crippen molar-refractivity contribution in [2.24, 2.45) is 0 Å².